The molecule has 1 fully saturated rings. The number of pyridine rings is 1. The van der Waals surface area contributed by atoms with Crippen LogP contribution in [0.2, 0.25) is 0 Å². The fourth-order valence-corrected chi connectivity index (χ4v) is 4.13. The largest absolute Gasteiger partial charge is 0.462 e. The fraction of sp³-hybridized carbons (Fsp3) is 0.333. The number of aromatic nitrogens is 1. The molecule has 11 heteroatoms. The summed E-state index contributed by atoms with van der Waals surface area (Å²) >= 11 is 0. The van der Waals surface area contributed by atoms with E-state index in [1.54, 1.807) is 6.92 Å². The molecule has 0 unspecified atom stereocenters. The summed E-state index contributed by atoms with van der Waals surface area (Å²) < 4.78 is 75.9. The van der Waals surface area contributed by atoms with Crippen molar-refractivity contribution in [1.29, 1.82) is 0 Å². The molecule has 0 radical (unpaired) electrons. The Morgan fingerprint density at radius 1 is 1.11 bits per heavy atom. The molecule has 0 atom stereocenters. The summed E-state index contributed by atoms with van der Waals surface area (Å²) in [4.78, 5) is 26.9. The number of rotatable bonds is 5. The Labute approximate surface area is 196 Å². The lowest BCUT2D eigenvalue weighted by Gasteiger charge is -2.30. The molecular formula is C24H22F5N3O3. The highest BCUT2D eigenvalue weighted by Gasteiger charge is 2.30. The molecule has 0 spiro atoms. The summed E-state index contributed by atoms with van der Waals surface area (Å²) in [5.41, 5.74) is -2.38. The van der Waals surface area contributed by atoms with E-state index in [9.17, 15) is 22.8 Å². The number of fused-ring (bicyclic) bond motifs is 1. The van der Waals surface area contributed by atoms with Crippen molar-refractivity contribution in [3.05, 3.63) is 75.1 Å². The van der Waals surface area contributed by atoms with E-state index in [0.717, 1.165) is 24.4 Å². The maximum Gasteiger partial charge on any atom is 0.416 e. The zero-order valence-electron chi connectivity index (χ0n) is 18.7. The summed E-state index contributed by atoms with van der Waals surface area (Å²) in [5, 5.41) is 2.72. The minimum absolute atomic E-state index is 0.0279. The Morgan fingerprint density at radius 3 is 2.37 bits per heavy atom. The van der Waals surface area contributed by atoms with Crippen molar-refractivity contribution in [2.45, 2.75) is 19.6 Å². The zero-order chi connectivity index (χ0) is 25.3. The van der Waals surface area contributed by atoms with E-state index in [4.69, 9.17) is 4.74 Å². The van der Waals surface area contributed by atoms with Gasteiger partial charge in [-0.1, -0.05) is 12.1 Å². The van der Waals surface area contributed by atoms with Gasteiger partial charge in [0.25, 0.3) is 0 Å². The van der Waals surface area contributed by atoms with Crippen LogP contribution in [-0.2, 0) is 17.5 Å². The van der Waals surface area contributed by atoms with Crippen molar-refractivity contribution in [3.63, 3.8) is 0 Å². The van der Waals surface area contributed by atoms with Crippen LogP contribution < -0.4 is 15.6 Å². The average molecular weight is 495 g/mol. The number of hydrogen-bond donors (Lipinski definition) is 1. The Hall–Kier alpha value is -3.47. The van der Waals surface area contributed by atoms with E-state index in [2.05, 4.69) is 5.32 Å². The number of esters is 1. The van der Waals surface area contributed by atoms with Crippen LogP contribution in [0.4, 0.5) is 27.6 Å². The van der Waals surface area contributed by atoms with Gasteiger partial charge in [0, 0.05) is 38.9 Å². The van der Waals surface area contributed by atoms with E-state index in [1.165, 1.54) is 21.6 Å². The van der Waals surface area contributed by atoms with Crippen molar-refractivity contribution in [2.24, 2.45) is 0 Å². The number of alkyl halides is 3. The molecule has 1 aliphatic heterocycles. The third kappa shape index (κ3) is 4.86. The molecule has 6 nitrogen and oxygen atoms in total. The van der Waals surface area contributed by atoms with Crippen LogP contribution in [0.5, 0.6) is 0 Å². The summed E-state index contributed by atoms with van der Waals surface area (Å²) in [5.74, 6) is -2.90. The standard InChI is InChI=1S/C24H22F5N3O3/c1-2-35-23(34)17-13-32(12-14-3-5-15(6-4-14)24(27,28)29)20-16(22(17)33)11-18(25)21(19(20)26)31-9-7-30-8-10-31/h3-6,11,13,30H,2,7-10,12H2,1H3. The molecular weight excluding hydrogens is 473 g/mol. The first-order valence-electron chi connectivity index (χ1n) is 11.0. The van der Waals surface area contributed by atoms with Gasteiger partial charge in [0.05, 0.1) is 23.1 Å². The Bertz CT molecular complexity index is 1310. The number of nitrogens with zero attached hydrogens (tertiary/aromatic N) is 2. The molecule has 0 saturated carbocycles. The summed E-state index contributed by atoms with van der Waals surface area (Å²) in [6.45, 7) is 3.03. The maximum atomic E-state index is 15.8. The molecule has 35 heavy (non-hydrogen) atoms. The third-order valence-corrected chi connectivity index (χ3v) is 5.79. The van der Waals surface area contributed by atoms with Gasteiger partial charge in [-0.3, -0.25) is 4.79 Å². The fourth-order valence-electron chi connectivity index (χ4n) is 4.13. The molecule has 0 bridgehead atoms. The first-order valence-corrected chi connectivity index (χ1v) is 11.0. The van der Waals surface area contributed by atoms with Gasteiger partial charge < -0.3 is 19.5 Å². The Kier molecular flexibility index (Phi) is 6.79. The number of piperazine rings is 1. The van der Waals surface area contributed by atoms with Crippen molar-refractivity contribution in [2.75, 3.05) is 37.7 Å². The highest BCUT2D eigenvalue weighted by Crippen LogP contribution is 2.32. The van der Waals surface area contributed by atoms with Crippen molar-refractivity contribution >= 4 is 22.6 Å². The predicted octanol–water partition coefficient (Wildman–Crippen LogP) is 3.93. The van der Waals surface area contributed by atoms with Crippen molar-refractivity contribution in [1.82, 2.24) is 9.88 Å². The Morgan fingerprint density at radius 2 is 1.77 bits per heavy atom. The van der Waals surface area contributed by atoms with E-state index < -0.39 is 40.3 Å². The maximum absolute atomic E-state index is 15.8. The second kappa shape index (κ2) is 9.65. The van der Waals surface area contributed by atoms with Gasteiger partial charge in [0.15, 0.2) is 5.82 Å². The minimum atomic E-state index is -4.53. The van der Waals surface area contributed by atoms with Crippen molar-refractivity contribution < 1.29 is 31.5 Å². The SMILES string of the molecule is CCOC(=O)c1cn(Cc2ccc(C(F)(F)F)cc2)c2c(F)c(N3CCNCC3)c(F)cc2c1=O. The highest BCUT2D eigenvalue weighted by molar-refractivity contribution is 5.95. The van der Waals surface area contributed by atoms with E-state index in [0.29, 0.717) is 31.7 Å². The predicted molar refractivity (Wildman–Crippen MR) is 120 cm³/mol. The molecule has 2 heterocycles. The van der Waals surface area contributed by atoms with Gasteiger partial charge in [-0.25, -0.2) is 13.6 Å². The lowest BCUT2D eigenvalue weighted by atomic mass is 10.1. The highest BCUT2D eigenvalue weighted by atomic mass is 19.4. The first-order chi connectivity index (χ1) is 16.6. The van der Waals surface area contributed by atoms with Crippen molar-refractivity contribution in [3.8, 4) is 0 Å². The van der Waals surface area contributed by atoms with Crippen LogP contribution >= 0.6 is 0 Å². The van der Waals surface area contributed by atoms with Crippen LogP contribution in [0.15, 0.2) is 41.3 Å². The van der Waals surface area contributed by atoms with E-state index in [-0.39, 0.29) is 29.7 Å². The van der Waals surface area contributed by atoms with Gasteiger partial charge in [0.2, 0.25) is 5.43 Å². The molecule has 1 N–H and O–H groups in total. The monoisotopic (exact) mass is 495 g/mol. The molecule has 2 aromatic carbocycles. The van der Waals surface area contributed by atoms with Gasteiger partial charge >= 0.3 is 12.1 Å². The van der Waals surface area contributed by atoms with E-state index in [1.807, 2.05) is 0 Å². The van der Waals surface area contributed by atoms with Crippen LogP contribution in [0, 0.1) is 11.6 Å². The molecule has 1 aliphatic rings. The lowest BCUT2D eigenvalue weighted by Crippen LogP contribution is -2.44. The van der Waals surface area contributed by atoms with Crippen LogP contribution in [0.25, 0.3) is 10.9 Å². The second-order valence-electron chi connectivity index (χ2n) is 8.07. The number of anilines is 1. The normalized spacial score (nSPS) is 14.4. The van der Waals surface area contributed by atoms with Gasteiger partial charge in [-0.2, -0.15) is 13.2 Å². The molecule has 4 rings (SSSR count). The zero-order valence-corrected chi connectivity index (χ0v) is 18.7. The second-order valence-corrected chi connectivity index (χ2v) is 8.07. The van der Waals surface area contributed by atoms with Gasteiger partial charge in [-0.15, -0.1) is 0 Å². The number of carbonyl (C=O) groups excluding carboxylic acids is 1. The number of ether oxygens (including phenoxy) is 1. The third-order valence-electron chi connectivity index (χ3n) is 5.79. The topological polar surface area (TPSA) is 63.6 Å². The average Bonchev–Trinajstić information content (AvgIpc) is 2.81. The van der Waals surface area contributed by atoms with Gasteiger partial charge in [0.1, 0.15) is 17.1 Å². The summed E-state index contributed by atoms with van der Waals surface area (Å²) in [6, 6.07) is 5.10. The summed E-state index contributed by atoms with van der Waals surface area (Å²) in [6.07, 6.45) is -3.43. The molecule has 1 saturated heterocycles. The van der Waals surface area contributed by atoms with Crippen LogP contribution in [-0.4, -0.2) is 43.3 Å². The number of hydrogen-bond acceptors (Lipinski definition) is 5. The number of halogens is 5. The quantitative estimate of drug-likeness (QED) is 0.429. The first kappa shape index (κ1) is 24.6. The summed E-state index contributed by atoms with van der Waals surface area (Å²) in [7, 11) is 0. The Balaban J connectivity index is 1.91. The van der Waals surface area contributed by atoms with E-state index >= 15 is 8.78 Å². The number of nitrogens with one attached hydrogen (secondary N) is 1. The molecule has 0 amide bonds. The van der Waals surface area contributed by atoms with Crippen LogP contribution in [0.3, 0.4) is 0 Å². The smallest absolute Gasteiger partial charge is 0.416 e. The molecule has 186 valence electrons. The van der Waals surface area contributed by atoms with Crippen LogP contribution in [0.1, 0.15) is 28.4 Å². The molecule has 1 aromatic heterocycles. The van der Waals surface area contributed by atoms with Gasteiger partial charge in [-0.05, 0) is 30.7 Å². The molecule has 3 aromatic rings. The number of carbonyl (C=O) groups is 1. The number of benzene rings is 2. The lowest BCUT2D eigenvalue weighted by molar-refractivity contribution is -0.137. The molecule has 0 aliphatic carbocycles. The minimum Gasteiger partial charge on any atom is -0.462 e.